The molecule has 0 bridgehead atoms. The molecule has 2 unspecified atom stereocenters. The van der Waals surface area contributed by atoms with Crippen molar-refractivity contribution in [2.75, 3.05) is 11.5 Å². The van der Waals surface area contributed by atoms with E-state index in [1.54, 1.807) is 12.4 Å². The Morgan fingerprint density at radius 2 is 1.85 bits per heavy atom. The molecule has 0 radical (unpaired) electrons. The van der Waals surface area contributed by atoms with Gasteiger partial charge in [0.25, 0.3) is 0 Å². The third kappa shape index (κ3) is 5.42. The lowest BCUT2D eigenvalue weighted by atomic mass is 9.78. The van der Waals surface area contributed by atoms with Crippen molar-refractivity contribution in [2.45, 2.75) is 64.4 Å². The summed E-state index contributed by atoms with van der Waals surface area (Å²) in [5.41, 5.74) is 3.07. The number of aryl methyl sites for hydroxylation is 1. The highest BCUT2D eigenvalue weighted by molar-refractivity contribution is 6.76. The number of nitrogens with zero attached hydrogens (tertiary/aromatic N) is 6. The van der Waals surface area contributed by atoms with Gasteiger partial charge >= 0.3 is 6.18 Å². The second kappa shape index (κ2) is 10.1. The summed E-state index contributed by atoms with van der Waals surface area (Å²) in [5.74, 6) is 0.619. The predicted molar refractivity (Wildman–Crippen MR) is 151 cm³/mol. The first-order valence-corrected chi connectivity index (χ1v) is 17.6. The van der Waals surface area contributed by atoms with Gasteiger partial charge in [0.15, 0.2) is 5.69 Å². The van der Waals surface area contributed by atoms with Crippen molar-refractivity contribution in [2.24, 2.45) is 11.8 Å². The Bertz CT molecular complexity index is 1600. The van der Waals surface area contributed by atoms with Crippen molar-refractivity contribution < 1.29 is 22.7 Å². The van der Waals surface area contributed by atoms with Crippen LogP contribution in [0.25, 0.3) is 16.9 Å². The molecule has 4 aromatic rings. The third-order valence-corrected chi connectivity index (χ3v) is 9.65. The molecular weight excluding hydrogens is 549 g/mol. The number of carbonyl (C=O) groups is 1. The fourth-order valence-corrected chi connectivity index (χ4v) is 6.26. The molecule has 4 heterocycles. The number of anilines is 1. The summed E-state index contributed by atoms with van der Waals surface area (Å²) >= 11 is 0. The van der Waals surface area contributed by atoms with Gasteiger partial charge in [0, 0.05) is 32.3 Å². The standard InChI is InChI=1S/C29H33F3N6O2Si/c1-18-21(8-10-25(35-18)36-14-24(34-16-36)29(30,31)32)27-26(19-5-6-19)28(39)38(27)20-7-9-23-22(13-20)33-15-37(23)17-40-11-12-41(2,3)4/h7-10,13-16,19,26-27H,5-6,11-12,17H2,1-4H3. The van der Waals surface area contributed by atoms with Crippen LogP contribution >= 0.6 is 0 Å². The monoisotopic (exact) mass is 582 g/mol. The van der Waals surface area contributed by atoms with Crippen molar-refractivity contribution in [1.29, 1.82) is 0 Å². The molecule has 8 nitrogen and oxygen atoms in total. The number of imidazole rings is 2. The number of benzene rings is 1. The maximum absolute atomic E-state index is 13.5. The zero-order valence-corrected chi connectivity index (χ0v) is 24.5. The van der Waals surface area contributed by atoms with Crippen LogP contribution in [0, 0.1) is 18.8 Å². The molecule has 0 N–H and O–H groups in total. The van der Waals surface area contributed by atoms with E-state index in [1.165, 1.54) is 4.57 Å². The molecule has 1 aliphatic heterocycles. The van der Waals surface area contributed by atoms with E-state index < -0.39 is 19.9 Å². The van der Waals surface area contributed by atoms with Crippen LogP contribution in [-0.4, -0.2) is 44.7 Å². The SMILES string of the molecule is Cc1nc(-n2cnc(C(F)(F)F)c2)ccc1C1C(C2CC2)C(=O)N1c1ccc2c(c1)ncn2COCC[Si](C)(C)C. The molecule has 2 atom stereocenters. The van der Waals surface area contributed by atoms with Crippen molar-refractivity contribution in [3.63, 3.8) is 0 Å². The lowest BCUT2D eigenvalue weighted by Gasteiger charge is -2.48. The van der Waals surface area contributed by atoms with Gasteiger partial charge in [0.1, 0.15) is 18.9 Å². The van der Waals surface area contributed by atoms with Crippen molar-refractivity contribution in [1.82, 2.24) is 24.1 Å². The molecule has 1 aliphatic carbocycles. The number of halogens is 3. The second-order valence-corrected chi connectivity index (χ2v) is 17.9. The number of hydrogen-bond acceptors (Lipinski definition) is 5. The number of alkyl halides is 3. The van der Waals surface area contributed by atoms with Gasteiger partial charge in [-0.2, -0.15) is 13.2 Å². The van der Waals surface area contributed by atoms with Crippen LogP contribution in [0.5, 0.6) is 0 Å². The Labute approximate surface area is 237 Å². The van der Waals surface area contributed by atoms with Gasteiger partial charge in [0.2, 0.25) is 5.91 Å². The van der Waals surface area contributed by atoms with E-state index >= 15 is 0 Å². The molecule has 3 aromatic heterocycles. The minimum absolute atomic E-state index is 0.0823. The highest BCUT2D eigenvalue weighted by atomic mass is 28.3. The van der Waals surface area contributed by atoms with Gasteiger partial charge in [0.05, 0.1) is 29.3 Å². The van der Waals surface area contributed by atoms with Crippen LogP contribution < -0.4 is 4.90 Å². The molecule has 1 amide bonds. The Kier molecular flexibility index (Phi) is 6.80. The number of fused-ring (bicyclic) bond motifs is 1. The van der Waals surface area contributed by atoms with E-state index in [-0.39, 0.29) is 17.9 Å². The Balaban J connectivity index is 1.25. The number of hydrogen-bond donors (Lipinski definition) is 0. The van der Waals surface area contributed by atoms with Crippen molar-refractivity contribution in [3.8, 4) is 5.82 Å². The fourth-order valence-electron chi connectivity index (χ4n) is 5.50. The number of carbonyl (C=O) groups excluding carboxylic acids is 1. The molecule has 1 saturated carbocycles. The number of β-lactam (4-membered cyclic amide) rings is 1. The number of pyridine rings is 1. The number of ether oxygens (including phenoxy) is 1. The maximum Gasteiger partial charge on any atom is 0.434 e. The van der Waals surface area contributed by atoms with Gasteiger partial charge in [-0.3, -0.25) is 9.36 Å². The molecule has 1 saturated heterocycles. The van der Waals surface area contributed by atoms with Crippen LogP contribution in [0.2, 0.25) is 25.7 Å². The Hall–Kier alpha value is -3.51. The first kappa shape index (κ1) is 27.6. The average molecular weight is 583 g/mol. The molecule has 2 aliphatic rings. The van der Waals surface area contributed by atoms with Crippen LogP contribution in [0.4, 0.5) is 18.9 Å². The highest BCUT2D eigenvalue weighted by Gasteiger charge is 2.55. The largest absolute Gasteiger partial charge is 0.434 e. The van der Waals surface area contributed by atoms with Crippen LogP contribution in [0.3, 0.4) is 0 Å². The molecule has 12 heteroatoms. The number of amides is 1. The average Bonchev–Trinajstić information content (AvgIpc) is 3.42. The Morgan fingerprint density at radius 1 is 1.07 bits per heavy atom. The first-order valence-electron chi connectivity index (χ1n) is 13.9. The summed E-state index contributed by atoms with van der Waals surface area (Å²) in [6.45, 7) is 9.94. The summed E-state index contributed by atoms with van der Waals surface area (Å²) in [4.78, 5) is 27.9. The van der Waals surface area contributed by atoms with Crippen molar-refractivity contribution >= 4 is 30.7 Å². The summed E-state index contributed by atoms with van der Waals surface area (Å²) < 4.78 is 48.3. The summed E-state index contributed by atoms with van der Waals surface area (Å²) in [6.07, 6.45) is 1.31. The molecular formula is C29H33F3N6O2Si. The quantitative estimate of drug-likeness (QED) is 0.130. The lowest BCUT2D eigenvalue weighted by molar-refractivity contribution is -0.141. The zero-order chi connectivity index (χ0) is 29.1. The van der Waals surface area contributed by atoms with Gasteiger partial charge in [-0.1, -0.05) is 25.7 Å². The van der Waals surface area contributed by atoms with Crippen LogP contribution in [0.1, 0.15) is 35.8 Å². The zero-order valence-electron chi connectivity index (χ0n) is 23.5. The predicted octanol–water partition coefficient (Wildman–Crippen LogP) is 6.37. The van der Waals surface area contributed by atoms with Crippen LogP contribution in [0.15, 0.2) is 49.2 Å². The third-order valence-electron chi connectivity index (χ3n) is 7.95. The molecule has 0 spiro atoms. The van der Waals surface area contributed by atoms with Gasteiger partial charge in [-0.15, -0.1) is 0 Å². The van der Waals surface area contributed by atoms with E-state index in [2.05, 4.69) is 34.6 Å². The second-order valence-electron chi connectivity index (χ2n) is 12.3. The van der Waals surface area contributed by atoms with Crippen LogP contribution in [-0.2, 0) is 22.4 Å². The maximum atomic E-state index is 13.5. The van der Waals surface area contributed by atoms with E-state index in [1.807, 2.05) is 40.7 Å². The normalized spacial score (nSPS) is 19.7. The van der Waals surface area contributed by atoms with E-state index in [4.69, 9.17) is 4.74 Å². The topological polar surface area (TPSA) is 78.1 Å². The van der Waals surface area contributed by atoms with Gasteiger partial charge in [-0.25, -0.2) is 15.0 Å². The molecule has 6 rings (SSSR count). The fraction of sp³-hybridized carbons (Fsp3) is 0.448. The molecule has 1 aromatic carbocycles. The minimum atomic E-state index is -4.53. The summed E-state index contributed by atoms with van der Waals surface area (Å²) in [6, 6.07) is 10.3. The first-order chi connectivity index (χ1) is 19.4. The number of rotatable bonds is 9. The molecule has 2 fully saturated rings. The highest BCUT2D eigenvalue weighted by Crippen LogP contribution is 2.54. The Morgan fingerprint density at radius 3 is 2.51 bits per heavy atom. The minimum Gasteiger partial charge on any atom is -0.361 e. The summed E-state index contributed by atoms with van der Waals surface area (Å²) in [5, 5.41) is 0. The smallest absolute Gasteiger partial charge is 0.361 e. The van der Waals surface area contributed by atoms with E-state index in [9.17, 15) is 18.0 Å². The van der Waals surface area contributed by atoms with Gasteiger partial charge in [-0.05, 0) is 61.6 Å². The molecule has 216 valence electrons. The van der Waals surface area contributed by atoms with E-state index in [0.29, 0.717) is 24.2 Å². The van der Waals surface area contributed by atoms with Crippen molar-refractivity contribution in [3.05, 3.63) is 66.1 Å². The van der Waals surface area contributed by atoms with Gasteiger partial charge < -0.3 is 14.2 Å². The molecule has 41 heavy (non-hydrogen) atoms. The van der Waals surface area contributed by atoms with E-state index in [0.717, 1.165) is 60.3 Å². The summed E-state index contributed by atoms with van der Waals surface area (Å²) in [7, 11) is -1.17. The lowest BCUT2D eigenvalue weighted by Crippen LogP contribution is -2.56. The number of aromatic nitrogens is 5.